The van der Waals surface area contributed by atoms with Crippen molar-refractivity contribution in [1.82, 2.24) is 0 Å². The molecular formula is C13H21NO. The summed E-state index contributed by atoms with van der Waals surface area (Å²) in [5.74, 6) is 0.905. The Labute approximate surface area is 92.6 Å². The Morgan fingerprint density at radius 3 is 2.87 bits per heavy atom. The highest BCUT2D eigenvalue weighted by Gasteiger charge is 2.01. The average molecular weight is 207 g/mol. The smallest absolute Gasteiger partial charge is 0.120 e. The number of hydrogen-bond donors (Lipinski definition) is 1. The van der Waals surface area contributed by atoms with Crippen LogP contribution in [-0.2, 0) is 0 Å². The lowest BCUT2D eigenvalue weighted by atomic mass is 10.1. The minimum absolute atomic E-state index is 0.525. The quantitative estimate of drug-likeness (QED) is 0.768. The number of benzene rings is 1. The minimum atomic E-state index is 0.525. The van der Waals surface area contributed by atoms with Crippen LogP contribution in [0.25, 0.3) is 0 Å². The number of ether oxygens (including phenoxy) is 1. The Morgan fingerprint density at radius 1 is 1.40 bits per heavy atom. The van der Waals surface area contributed by atoms with Crippen molar-refractivity contribution in [3.05, 3.63) is 24.3 Å². The van der Waals surface area contributed by atoms with E-state index in [4.69, 9.17) is 4.74 Å². The maximum absolute atomic E-state index is 5.18. The van der Waals surface area contributed by atoms with Crippen molar-refractivity contribution in [2.24, 2.45) is 0 Å². The average Bonchev–Trinajstić information content (AvgIpc) is 2.26. The molecule has 0 aliphatic heterocycles. The van der Waals surface area contributed by atoms with E-state index in [2.05, 4.69) is 25.2 Å². The summed E-state index contributed by atoms with van der Waals surface area (Å²) < 4.78 is 5.18. The van der Waals surface area contributed by atoms with Gasteiger partial charge >= 0.3 is 0 Å². The highest BCUT2D eigenvalue weighted by Crippen LogP contribution is 2.18. The second-order valence-electron chi connectivity index (χ2n) is 3.92. The highest BCUT2D eigenvalue weighted by atomic mass is 16.5. The van der Waals surface area contributed by atoms with Crippen LogP contribution in [0.1, 0.15) is 33.1 Å². The van der Waals surface area contributed by atoms with Gasteiger partial charge in [-0.2, -0.15) is 0 Å². The van der Waals surface area contributed by atoms with Crippen LogP contribution in [0.15, 0.2) is 24.3 Å². The first-order valence-corrected chi connectivity index (χ1v) is 5.67. The molecule has 1 aromatic carbocycles. The summed E-state index contributed by atoms with van der Waals surface area (Å²) in [5, 5.41) is 3.47. The molecule has 0 bridgehead atoms. The first kappa shape index (κ1) is 11.9. The molecule has 0 aliphatic carbocycles. The second-order valence-corrected chi connectivity index (χ2v) is 3.92. The maximum atomic E-state index is 5.18. The van der Waals surface area contributed by atoms with Gasteiger partial charge in [0.1, 0.15) is 5.75 Å². The second kappa shape index (κ2) is 6.33. The van der Waals surface area contributed by atoms with Gasteiger partial charge in [-0.3, -0.25) is 0 Å². The van der Waals surface area contributed by atoms with Crippen molar-refractivity contribution in [1.29, 1.82) is 0 Å². The summed E-state index contributed by atoms with van der Waals surface area (Å²) in [7, 11) is 1.69. The Hall–Kier alpha value is -1.18. The molecule has 1 N–H and O–H groups in total. The van der Waals surface area contributed by atoms with E-state index in [9.17, 15) is 0 Å². The first-order chi connectivity index (χ1) is 7.26. The molecule has 0 amide bonds. The largest absolute Gasteiger partial charge is 0.497 e. The third-order valence-electron chi connectivity index (χ3n) is 2.47. The van der Waals surface area contributed by atoms with Crippen molar-refractivity contribution in [2.45, 2.75) is 39.2 Å². The fourth-order valence-corrected chi connectivity index (χ4v) is 1.58. The molecule has 1 aromatic rings. The molecule has 0 spiro atoms. The molecule has 0 heterocycles. The van der Waals surface area contributed by atoms with E-state index >= 15 is 0 Å². The van der Waals surface area contributed by atoms with Gasteiger partial charge in [-0.15, -0.1) is 0 Å². The lowest BCUT2D eigenvalue weighted by Crippen LogP contribution is -2.14. The molecule has 1 atom stereocenters. The van der Waals surface area contributed by atoms with Gasteiger partial charge in [0.25, 0.3) is 0 Å². The molecule has 2 nitrogen and oxygen atoms in total. The number of hydrogen-bond acceptors (Lipinski definition) is 2. The van der Waals surface area contributed by atoms with Crippen LogP contribution in [0.3, 0.4) is 0 Å². The van der Waals surface area contributed by atoms with Crippen molar-refractivity contribution >= 4 is 5.69 Å². The van der Waals surface area contributed by atoms with E-state index in [1.807, 2.05) is 18.2 Å². The van der Waals surface area contributed by atoms with Gasteiger partial charge in [0.05, 0.1) is 7.11 Å². The summed E-state index contributed by atoms with van der Waals surface area (Å²) in [5.41, 5.74) is 1.14. The molecule has 84 valence electrons. The summed E-state index contributed by atoms with van der Waals surface area (Å²) in [6.07, 6.45) is 3.75. The summed E-state index contributed by atoms with van der Waals surface area (Å²) >= 11 is 0. The van der Waals surface area contributed by atoms with E-state index in [1.165, 1.54) is 19.3 Å². The number of anilines is 1. The summed E-state index contributed by atoms with van der Waals surface area (Å²) in [6, 6.07) is 8.60. The van der Waals surface area contributed by atoms with Gasteiger partial charge in [0.2, 0.25) is 0 Å². The molecular weight excluding hydrogens is 186 g/mol. The van der Waals surface area contributed by atoms with Crippen LogP contribution < -0.4 is 10.1 Å². The molecule has 0 radical (unpaired) electrons. The lowest BCUT2D eigenvalue weighted by molar-refractivity contribution is 0.415. The summed E-state index contributed by atoms with van der Waals surface area (Å²) in [4.78, 5) is 0. The van der Waals surface area contributed by atoms with Crippen LogP contribution in [0, 0.1) is 0 Å². The van der Waals surface area contributed by atoms with E-state index in [-0.39, 0.29) is 0 Å². The molecule has 0 fully saturated rings. The first-order valence-electron chi connectivity index (χ1n) is 5.67. The predicted octanol–water partition coefficient (Wildman–Crippen LogP) is 3.69. The molecule has 2 heteroatoms. The zero-order chi connectivity index (χ0) is 11.1. The van der Waals surface area contributed by atoms with Gasteiger partial charge in [-0.05, 0) is 25.5 Å². The van der Waals surface area contributed by atoms with E-state index in [0.717, 1.165) is 11.4 Å². The van der Waals surface area contributed by atoms with Crippen LogP contribution in [0.5, 0.6) is 5.75 Å². The third kappa shape index (κ3) is 4.24. The van der Waals surface area contributed by atoms with E-state index in [1.54, 1.807) is 7.11 Å². The number of nitrogens with one attached hydrogen (secondary N) is 1. The Balaban J connectivity index is 2.48. The van der Waals surface area contributed by atoms with Gasteiger partial charge in [-0.1, -0.05) is 25.8 Å². The van der Waals surface area contributed by atoms with E-state index < -0.39 is 0 Å². The Bertz CT molecular complexity index is 286. The normalized spacial score (nSPS) is 12.2. The fourth-order valence-electron chi connectivity index (χ4n) is 1.58. The molecule has 0 aromatic heterocycles. The van der Waals surface area contributed by atoms with Crippen LogP contribution >= 0.6 is 0 Å². The van der Waals surface area contributed by atoms with Crippen molar-refractivity contribution in [3.63, 3.8) is 0 Å². The zero-order valence-electron chi connectivity index (χ0n) is 9.92. The van der Waals surface area contributed by atoms with Crippen molar-refractivity contribution in [3.8, 4) is 5.75 Å². The van der Waals surface area contributed by atoms with Crippen molar-refractivity contribution < 1.29 is 4.74 Å². The van der Waals surface area contributed by atoms with E-state index in [0.29, 0.717) is 6.04 Å². The topological polar surface area (TPSA) is 21.3 Å². The standard InChI is InChI=1S/C13H21NO/c1-4-5-7-11(2)14-12-8-6-9-13(10-12)15-3/h6,8-11,14H,4-5,7H2,1-3H3/t11-/m1/s1. The molecule has 0 saturated heterocycles. The monoisotopic (exact) mass is 207 g/mol. The van der Waals surface area contributed by atoms with Crippen molar-refractivity contribution in [2.75, 3.05) is 12.4 Å². The predicted molar refractivity (Wildman–Crippen MR) is 65.6 cm³/mol. The van der Waals surface area contributed by atoms with Gasteiger partial charge in [0.15, 0.2) is 0 Å². The number of methoxy groups -OCH3 is 1. The fraction of sp³-hybridized carbons (Fsp3) is 0.538. The van der Waals surface area contributed by atoms with Crippen LogP contribution in [0.4, 0.5) is 5.69 Å². The Morgan fingerprint density at radius 2 is 2.20 bits per heavy atom. The molecule has 1 rings (SSSR count). The molecule has 0 saturated carbocycles. The molecule has 0 aliphatic rings. The van der Waals surface area contributed by atoms with Gasteiger partial charge in [-0.25, -0.2) is 0 Å². The highest BCUT2D eigenvalue weighted by molar-refractivity contribution is 5.48. The Kier molecular flexibility index (Phi) is 5.02. The van der Waals surface area contributed by atoms with Gasteiger partial charge < -0.3 is 10.1 Å². The van der Waals surface area contributed by atoms with Gasteiger partial charge in [0, 0.05) is 17.8 Å². The number of unbranched alkanes of at least 4 members (excludes halogenated alkanes) is 1. The summed E-state index contributed by atoms with van der Waals surface area (Å²) in [6.45, 7) is 4.44. The molecule has 15 heavy (non-hydrogen) atoms. The SMILES string of the molecule is CCCC[C@@H](C)Nc1cccc(OC)c1. The van der Waals surface area contributed by atoms with Crippen LogP contribution in [-0.4, -0.2) is 13.2 Å². The number of rotatable bonds is 6. The van der Waals surface area contributed by atoms with Crippen LogP contribution in [0.2, 0.25) is 0 Å². The maximum Gasteiger partial charge on any atom is 0.120 e. The zero-order valence-corrected chi connectivity index (χ0v) is 9.92. The third-order valence-corrected chi connectivity index (χ3v) is 2.47. The molecule has 0 unspecified atom stereocenters. The minimum Gasteiger partial charge on any atom is -0.497 e. The lowest BCUT2D eigenvalue weighted by Gasteiger charge is -2.15.